The van der Waals surface area contributed by atoms with E-state index in [0.717, 1.165) is 6.07 Å². The maximum Gasteiger partial charge on any atom is 0.416 e. The van der Waals surface area contributed by atoms with Gasteiger partial charge in [-0.3, -0.25) is 10.1 Å². The molecule has 0 spiro atoms. The van der Waals surface area contributed by atoms with E-state index in [4.69, 9.17) is 0 Å². The van der Waals surface area contributed by atoms with Crippen molar-refractivity contribution in [3.8, 4) is 17.2 Å². The van der Waals surface area contributed by atoms with Gasteiger partial charge in [0.2, 0.25) is 5.91 Å². The molecule has 3 aromatic rings. The summed E-state index contributed by atoms with van der Waals surface area (Å²) in [6, 6.07) is 8.50. The zero-order valence-corrected chi connectivity index (χ0v) is 23.7. The molecule has 3 N–H and O–H groups in total. The molecule has 1 unspecified atom stereocenters. The number of benzene rings is 3. The highest BCUT2D eigenvalue weighted by molar-refractivity contribution is 5.82. The van der Waals surface area contributed by atoms with Crippen LogP contribution in [0.5, 0.6) is 0 Å². The van der Waals surface area contributed by atoms with Crippen molar-refractivity contribution < 1.29 is 49.4 Å². The van der Waals surface area contributed by atoms with Crippen molar-refractivity contribution in [1.82, 2.24) is 10.6 Å². The van der Waals surface area contributed by atoms with E-state index in [1.807, 2.05) is 0 Å². The van der Waals surface area contributed by atoms with Gasteiger partial charge >= 0.3 is 12.4 Å². The number of aliphatic hydroxyl groups is 1. The number of nitrogens with one attached hydrogen (secondary N) is 2. The molecule has 242 valence electrons. The summed E-state index contributed by atoms with van der Waals surface area (Å²) in [6.45, 7) is 2.92. The molecule has 0 saturated carbocycles. The molecule has 0 bridgehead atoms. The fourth-order valence-electron chi connectivity index (χ4n) is 4.52. The van der Waals surface area contributed by atoms with Gasteiger partial charge in [0, 0.05) is 6.42 Å². The number of nitriles is 1. The van der Waals surface area contributed by atoms with Crippen LogP contribution in [0.2, 0.25) is 0 Å². The second-order valence-electron chi connectivity index (χ2n) is 10.6. The van der Waals surface area contributed by atoms with E-state index in [9.17, 15) is 54.7 Å². The highest BCUT2D eigenvalue weighted by atomic mass is 19.4. The maximum atomic E-state index is 14.3. The molecule has 0 aliphatic rings. The van der Waals surface area contributed by atoms with Crippen molar-refractivity contribution in [2.24, 2.45) is 5.92 Å². The Kier molecular flexibility index (Phi) is 11.3. The fourth-order valence-corrected chi connectivity index (χ4v) is 4.52. The van der Waals surface area contributed by atoms with Crippen LogP contribution in [-0.4, -0.2) is 35.7 Å². The number of hydrogen-bond acceptors (Lipinski definition) is 4. The minimum Gasteiger partial charge on any atom is -0.382 e. The molecule has 0 fully saturated rings. The summed E-state index contributed by atoms with van der Waals surface area (Å²) >= 11 is 0. The van der Waals surface area contributed by atoms with Gasteiger partial charge in [0.1, 0.15) is 24.0 Å². The lowest BCUT2D eigenvalue weighted by molar-refractivity contribution is -0.161. The van der Waals surface area contributed by atoms with E-state index in [-0.39, 0.29) is 22.8 Å². The highest BCUT2D eigenvalue weighted by Crippen LogP contribution is 2.35. The molecule has 3 aromatic carbocycles. The fraction of sp³-hybridized carbons (Fsp3) is 0.355. The average Bonchev–Trinajstić information content (AvgIpc) is 2.96. The molecule has 45 heavy (non-hydrogen) atoms. The number of aliphatic hydroxyl groups excluding tert-OH is 1. The lowest BCUT2D eigenvalue weighted by Gasteiger charge is -2.30. The molecule has 3 rings (SSSR count). The van der Waals surface area contributed by atoms with Gasteiger partial charge in [-0.1, -0.05) is 68.4 Å². The molecular formula is C31H28F9N3O2. The summed E-state index contributed by atoms with van der Waals surface area (Å²) in [5.74, 6) is -3.01. The molecule has 0 saturated heterocycles. The van der Waals surface area contributed by atoms with Gasteiger partial charge in [0.15, 0.2) is 0 Å². The van der Waals surface area contributed by atoms with Crippen molar-refractivity contribution in [1.29, 1.82) is 5.26 Å². The molecular weight excluding hydrogens is 617 g/mol. The normalized spacial score (nSPS) is 15.0. The number of carbonyl (C=O) groups excluding carboxylic acids is 1. The summed E-state index contributed by atoms with van der Waals surface area (Å²) in [6.07, 6.45) is -15.2. The first-order valence-electron chi connectivity index (χ1n) is 13.5. The predicted molar refractivity (Wildman–Crippen MR) is 146 cm³/mol. The zero-order valence-electron chi connectivity index (χ0n) is 23.7. The smallest absolute Gasteiger partial charge is 0.382 e. The highest BCUT2D eigenvalue weighted by Gasteiger charge is 2.43. The Morgan fingerprint density at radius 2 is 1.42 bits per heavy atom. The number of hydrogen-bond donors (Lipinski definition) is 3. The third-order valence-corrected chi connectivity index (χ3v) is 6.97. The first-order chi connectivity index (χ1) is 20.9. The topological polar surface area (TPSA) is 85.2 Å². The second kappa shape index (κ2) is 14.3. The molecule has 0 aromatic heterocycles. The summed E-state index contributed by atoms with van der Waals surface area (Å²) in [4.78, 5) is 13.1. The summed E-state index contributed by atoms with van der Waals surface area (Å²) in [5, 5.41) is 23.5. The van der Waals surface area contributed by atoms with E-state index < -0.39 is 72.6 Å². The van der Waals surface area contributed by atoms with Gasteiger partial charge in [0.05, 0.1) is 17.7 Å². The minimum atomic E-state index is -4.89. The number of nitrogens with zero attached hydrogens (tertiary/aromatic N) is 1. The Morgan fingerprint density at radius 3 is 1.84 bits per heavy atom. The van der Waals surface area contributed by atoms with Crippen LogP contribution in [0.3, 0.4) is 0 Å². The zero-order chi connectivity index (χ0) is 33.7. The van der Waals surface area contributed by atoms with Crippen LogP contribution < -0.4 is 10.6 Å². The van der Waals surface area contributed by atoms with Crippen LogP contribution in [-0.2, 0) is 17.4 Å². The predicted octanol–water partition coefficient (Wildman–Crippen LogP) is 7.28. The van der Waals surface area contributed by atoms with Crippen molar-refractivity contribution in [2.45, 2.75) is 63.3 Å². The van der Waals surface area contributed by atoms with Crippen LogP contribution in [0.1, 0.15) is 48.2 Å². The number of rotatable bonds is 11. The first kappa shape index (κ1) is 35.4. The summed E-state index contributed by atoms with van der Waals surface area (Å²) < 4.78 is 121. The second-order valence-corrected chi connectivity index (χ2v) is 10.6. The molecule has 0 aliphatic carbocycles. The van der Waals surface area contributed by atoms with E-state index >= 15 is 0 Å². The molecule has 0 aliphatic heterocycles. The Bertz CT molecular complexity index is 1480. The van der Waals surface area contributed by atoms with Crippen LogP contribution in [0, 0.1) is 23.1 Å². The van der Waals surface area contributed by atoms with Gasteiger partial charge in [-0.05, 0) is 45.9 Å². The van der Waals surface area contributed by atoms with Gasteiger partial charge in [-0.2, -0.15) is 31.6 Å². The summed E-state index contributed by atoms with van der Waals surface area (Å²) in [5.41, 5.74) is -0.930. The third-order valence-electron chi connectivity index (χ3n) is 6.97. The quantitative estimate of drug-likeness (QED) is 0.192. The van der Waals surface area contributed by atoms with Crippen LogP contribution in [0.25, 0.3) is 11.1 Å². The number of carbonyl (C=O) groups is 1. The molecule has 0 heterocycles. The number of amides is 1. The monoisotopic (exact) mass is 645 g/mol. The van der Waals surface area contributed by atoms with Crippen LogP contribution in [0.15, 0.2) is 66.7 Å². The van der Waals surface area contributed by atoms with E-state index in [0.29, 0.717) is 17.2 Å². The average molecular weight is 646 g/mol. The maximum absolute atomic E-state index is 14.3. The minimum absolute atomic E-state index is 0.0344. The Morgan fingerprint density at radius 1 is 0.889 bits per heavy atom. The Balaban J connectivity index is 1.78. The largest absolute Gasteiger partial charge is 0.416 e. The van der Waals surface area contributed by atoms with Gasteiger partial charge in [-0.25, -0.2) is 13.2 Å². The van der Waals surface area contributed by atoms with E-state index in [1.165, 1.54) is 62.4 Å². The molecule has 1 amide bonds. The van der Waals surface area contributed by atoms with Gasteiger partial charge in [0.25, 0.3) is 6.43 Å². The summed E-state index contributed by atoms with van der Waals surface area (Å²) in [7, 11) is 0. The standard InChI is InChI=1S/C31H28F9N3O2/c1-16(2)25(29(45)42-23(15-41)13-21-11-12-22(14-24(21)32)30(35,36)37)43-27(31(38,39)40)20-9-5-18(6-10-20)17-3-7-19(8-4-17)26(44)28(33)34/h3-12,14,16,23,25-28,43-44H,13H2,1-2H3,(H,42,45)/t23?,25-,26+,27-/m0/s1. The third kappa shape index (κ3) is 9.21. The molecule has 14 heteroatoms. The van der Waals surface area contributed by atoms with Crippen molar-refractivity contribution in [3.05, 3.63) is 94.8 Å². The van der Waals surface area contributed by atoms with Crippen molar-refractivity contribution in [3.63, 3.8) is 0 Å². The first-order valence-corrected chi connectivity index (χ1v) is 13.5. The van der Waals surface area contributed by atoms with Crippen LogP contribution >= 0.6 is 0 Å². The van der Waals surface area contributed by atoms with Crippen molar-refractivity contribution in [2.75, 3.05) is 0 Å². The van der Waals surface area contributed by atoms with Gasteiger partial charge < -0.3 is 10.4 Å². The van der Waals surface area contributed by atoms with E-state index in [2.05, 4.69) is 10.6 Å². The SMILES string of the molecule is CC(C)[C@H](N[C@@H](c1ccc(-c2ccc([C@@H](O)C(F)F)cc2)cc1)C(F)(F)F)C(=O)NC(C#N)Cc1ccc(C(F)(F)F)cc1F. The number of halogens is 9. The Labute approximate surface area is 252 Å². The lowest BCUT2D eigenvalue weighted by Crippen LogP contribution is -2.53. The van der Waals surface area contributed by atoms with E-state index in [1.54, 1.807) is 6.07 Å². The van der Waals surface area contributed by atoms with Crippen molar-refractivity contribution >= 4 is 5.91 Å². The van der Waals surface area contributed by atoms with Crippen LogP contribution in [0.4, 0.5) is 39.5 Å². The Hall–Kier alpha value is -4.09. The molecule has 4 atom stereocenters. The van der Waals surface area contributed by atoms with Gasteiger partial charge in [-0.15, -0.1) is 0 Å². The lowest BCUT2D eigenvalue weighted by atomic mass is 9.96. The molecule has 0 radical (unpaired) electrons. The molecule has 5 nitrogen and oxygen atoms in total. The number of alkyl halides is 8.